The zero-order valence-electron chi connectivity index (χ0n) is 13.3. The fourth-order valence-electron chi connectivity index (χ4n) is 2.68. The smallest absolute Gasteiger partial charge is 0.291 e. The standard InChI is InChI=1S/C15H19N5O3S/c1-24(22,23)19-9-5-6-12(10-19)17-15(21)14-16-11-20(18-14)13-7-3-2-4-8-13/h2-4,7-8,11-12H,5-6,9-10H2,1H3,(H,17,21). The quantitative estimate of drug-likeness (QED) is 0.863. The molecular weight excluding hydrogens is 330 g/mol. The van der Waals surface area contributed by atoms with Crippen molar-refractivity contribution in [3.05, 3.63) is 42.5 Å². The third-order valence-corrected chi connectivity index (χ3v) is 5.17. The van der Waals surface area contributed by atoms with Gasteiger partial charge in [0.05, 0.1) is 11.9 Å². The Morgan fingerprint density at radius 2 is 2.04 bits per heavy atom. The molecule has 9 heteroatoms. The largest absolute Gasteiger partial charge is 0.345 e. The van der Waals surface area contributed by atoms with E-state index in [1.165, 1.54) is 21.6 Å². The second-order valence-electron chi connectivity index (χ2n) is 5.78. The van der Waals surface area contributed by atoms with Crippen LogP contribution >= 0.6 is 0 Å². The van der Waals surface area contributed by atoms with Crippen molar-refractivity contribution < 1.29 is 13.2 Å². The zero-order chi connectivity index (χ0) is 17.2. The van der Waals surface area contributed by atoms with Gasteiger partial charge in [0.25, 0.3) is 5.91 Å². The molecule has 0 bridgehead atoms. The van der Waals surface area contributed by atoms with Crippen molar-refractivity contribution in [1.82, 2.24) is 24.4 Å². The van der Waals surface area contributed by atoms with Crippen molar-refractivity contribution in [3.8, 4) is 5.69 Å². The third kappa shape index (κ3) is 3.80. The lowest BCUT2D eigenvalue weighted by atomic mass is 10.1. The highest BCUT2D eigenvalue weighted by molar-refractivity contribution is 7.88. The summed E-state index contributed by atoms with van der Waals surface area (Å²) in [6, 6.07) is 9.13. The molecular formula is C15H19N5O3S. The first-order chi connectivity index (χ1) is 11.4. The first-order valence-corrected chi connectivity index (χ1v) is 9.51. The molecule has 3 rings (SSSR count). The van der Waals surface area contributed by atoms with Crippen LogP contribution < -0.4 is 5.32 Å². The summed E-state index contributed by atoms with van der Waals surface area (Å²) in [5.74, 6) is -0.333. The van der Waals surface area contributed by atoms with Crippen LogP contribution in [-0.4, -0.2) is 58.8 Å². The molecule has 1 aliphatic heterocycles. The number of rotatable bonds is 4. The first kappa shape index (κ1) is 16.6. The van der Waals surface area contributed by atoms with Gasteiger partial charge < -0.3 is 5.32 Å². The maximum atomic E-state index is 12.3. The van der Waals surface area contributed by atoms with Crippen LogP contribution in [0.1, 0.15) is 23.5 Å². The summed E-state index contributed by atoms with van der Waals surface area (Å²) >= 11 is 0. The number of hydrogen-bond acceptors (Lipinski definition) is 5. The van der Waals surface area contributed by atoms with E-state index in [0.29, 0.717) is 13.0 Å². The van der Waals surface area contributed by atoms with Gasteiger partial charge in [0.2, 0.25) is 15.8 Å². The lowest BCUT2D eigenvalue weighted by Gasteiger charge is -2.31. The van der Waals surface area contributed by atoms with Crippen LogP contribution in [0, 0.1) is 0 Å². The Morgan fingerprint density at radius 3 is 2.75 bits per heavy atom. The minimum atomic E-state index is -3.24. The molecule has 0 radical (unpaired) electrons. The highest BCUT2D eigenvalue weighted by Crippen LogP contribution is 2.13. The number of hydrogen-bond donors (Lipinski definition) is 1. The molecule has 1 fully saturated rings. The van der Waals surface area contributed by atoms with Gasteiger partial charge >= 0.3 is 0 Å². The summed E-state index contributed by atoms with van der Waals surface area (Å²) < 4.78 is 26.2. The lowest BCUT2D eigenvalue weighted by Crippen LogP contribution is -2.49. The molecule has 1 amide bonds. The SMILES string of the molecule is CS(=O)(=O)N1CCCC(NC(=O)c2ncn(-c3ccccc3)n2)C1. The van der Waals surface area contributed by atoms with Gasteiger partial charge in [-0.15, -0.1) is 5.10 Å². The van der Waals surface area contributed by atoms with Gasteiger partial charge in [0.1, 0.15) is 6.33 Å². The maximum absolute atomic E-state index is 12.3. The predicted molar refractivity (Wildman–Crippen MR) is 88.3 cm³/mol. The number of carbonyl (C=O) groups excluding carboxylic acids is 1. The first-order valence-electron chi connectivity index (χ1n) is 7.66. The van der Waals surface area contributed by atoms with Crippen molar-refractivity contribution in [1.29, 1.82) is 0 Å². The zero-order valence-corrected chi connectivity index (χ0v) is 14.1. The molecule has 2 aromatic rings. The molecule has 0 spiro atoms. The van der Waals surface area contributed by atoms with Gasteiger partial charge in [-0.25, -0.2) is 22.4 Å². The summed E-state index contributed by atoms with van der Waals surface area (Å²) in [6.07, 6.45) is 4.11. The number of nitrogens with zero attached hydrogens (tertiary/aromatic N) is 4. The molecule has 1 aromatic carbocycles. The molecule has 8 nitrogen and oxygen atoms in total. The molecule has 2 heterocycles. The van der Waals surface area contributed by atoms with E-state index < -0.39 is 15.9 Å². The van der Waals surface area contributed by atoms with Crippen LogP contribution in [0.25, 0.3) is 5.69 Å². The van der Waals surface area contributed by atoms with Crippen LogP contribution in [-0.2, 0) is 10.0 Å². The van der Waals surface area contributed by atoms with Crippen molar-refractivity contribution in [2.75, 3.05) is 19.3 Å². The Bertz CT molecular complexity index is 819. The fraction of sp³-hybridized carbons (Fsp3) is 0.400. The number of sulfonamides is 1. The Hall–Kier alpha value is -2.26. The number of amides is 1. The van der Waals surface area contributed by atoms with Crippen LogP contribution in [0.3, 0.4) is 0 Å². The van der Waals surface area contributed by atoms with Gasteiger partial charge in [0.15, 0.2) is 0 Å². The molecule has 1 unspecified atom stereocenters. The minimum Gasteiger partial charge on any atom is -0.345 e. The van der Waals surface area contributed by atoms with E-state index >= 15 is 0 Å². The predicted octanol–water partition coefficient (Wildman–Crippen LogP) is 0.421. The number of para-hydroxylation sites is 1. The van der Waals surface area contributed by atoms with Gasteiger partial charge in [0, 0.05) is 19.1 Å². The van der Waals surface area contributed by atoms with E-state index in [4.69, 9.17) is 0 Å². The van der Waals surface area contributed by atoms with Crippen molar-refractivity contribution in [2.45, 2.75) is 18.9 Å². The maximum Gasteiger partial charge on any atom is 0.291 e. The highest BCUT2D eigenvalue weighted by Gasteiger charge is 2.27. The fourth-order valence-corrected chi connectivity index (χ4v) is 3.60. The Labute approximate surface area is 140 Å². The van der Waals surface area contributed by atoms with Gasteiger partial charge in [-0.05, 0) is 25.0 Å². The van der Waals surface area contributed by atoms with E-state index in [-0.39, 0.29) is 18.4 Å². The van der Waals surface area contributed by atoms with Crippen molar-refractivity contribution >= 4 is 15.9 Å². The van der Waals surface area contributed by atoms with Crippen molar-refractivity contribution in [3.63, 3.8) is 0 Å². The van der Waals surface area contributed by atoms with E-state index in [1.807, 2.05) is 30.3 Å². The van der Waals surface area contributed by atoms with Crippen LogP contribution in [0.4, 0.5) is 0 Å². The Kier molecular flexibility index (Phi) is 4.63. The summed E-state index contributed by atoms with van der Waals surface area (Å²) in [5, 5.41) is 6.99. The van der Waals surface area contributed by atoms with E-state index in [2.05, 4.69) is 15.4 Å². The van der Waals surface area contributed by atoms with Crippen LogP contribution in [0.15, 0.2) is 36.7 Å². The number of aromatic nitrogens is 3. The van der Waals surface area contributed by atoms with Gasteiger partial charge in [-0.2, -0.15) is 0 Å². The minimum absolute atomic E-state index is 0.0651. The molecule has 24 heavy (non-hydrogen) atoms. The lowest BCUT2D eigenvalue weighted by molar-refractivity contribution is 0.0911. The highest BCUT2D eigenvalue weighted by atomic mass is 32.2. The van der Waals surface area contributed by atoms with Gasteiger partial charge in [-0.1, -0.05) is 18.2 Å². The molecule has 1 atom stereocenters. The van der Waals surface area contributed by atoms with E-state index in [1.54, 1.807) is 0 Å². The summed E-state index contributed by atoms with van der Waals surface area (Å²) in [7, 11) is -3.24. The number of piperidine rings is 1. The second-order valence-corrected chi connectivity index (χ2v) is 7.76. The van der Waals surface area contributed by atoms with E-state index in [0.717, 1.165) is 12.1 Å². The monoisotopic (exact) mass is 349 g/mol. The number of carbonyl (C=O) groups is 1. The molecule has 128 valence electrons. The average molecular weight is 349 g/mol. The Balaban J connectivity index is 1.66. The molecule has 1 N–H and O–H groups in total. The van der Waals surface area contributed by atoms with Crippen LogP contribution in [0.2, 0.25) is 0 Å². The van der Waals surface area contributed by atoms with Crippen LogP contribution in [0.5, 0.6) is 0 Å². The average Bonchev–Trinajstić information content (AvgIpc) is 3.05. The molecule has 0 saturated carbocycles. The summed E-state index contributed by atoms with van der Waals surface area (Å²) in [4.78, 5) is 16.3. The van der Waals surface area contributed by atoms with E-state index in [9.17, 15) is 13.2 Å². The second kappa shape index (κ2) is 6.70. The molecule has 1 aliphatic rings. The Morgan fingerprint density at radius 1 is 1.29 bits per heavy atom. The number of nitrogens with one attached hydrogen (secondary N) is 1. The third-order valence-electron chi connectivity index (χ3n) is 3.90. The molecule has 1 aromatic heterocycles. The molecule has 0 aliphatic carbocycles. The number of benzene rings is 1. The molecule has 1 saturated heterocycles. The normalized spacial score (nSPS) is 19.1. The topological polar surface area (TPSA) is 97.2 Å². The van der Waals surface area contributed by atoms with Gasteiger partial charge in [-0.3, -0.25) is 4.79 Å². The van der Waals surface area contributed by atoms with Crippen molar-refractivity contribution in [2.24, 2.45) is 0 Å². The summed E-state index contributed by atoms with van der Waals surface area (Å²) in [6.45, 7) is 0.774. The summed E-state index contributed by atoms with van der Waals surface area (Å²) in [5.41, 5.74) is 0.810.